The molecule has 28 heavy (non-hydrogen) atoms. The summed E-state index contributed by atoms with van der Waals surface area (Å²) in [5.41, 5.74) is 0.726. The Morgan fingerprint density at radius 2 is 1.86 bits per heavy atom. The van der Waals surface area contributed by atoms with E-state index in [0.717, 1.165) is 4.31 Å². The van der Waals surface area contributed by atoms with Gasteiger partial charge in [-0.25, -0.2) is 12.7 Å². The summed E-state index contributed by atoms with van der Waals surface area (Å²) >= 11 is 0. The third-order valence-electron chi connectivity index (χ3n) is 4.42. The normalized spacial score (nSPS) is 16.3. The minimum absolute atomic E-state index is 0.0141. The van der Waals surface area contributed by atoms with Crippen LogP contribution >= 0.6 is 0 Å². The van der Waals surface area contributed by atoms with Crippen LogP contribution in [0.15, 0.2) is 53.4 Å². The van der Waals surface area contributed by atoms with E-state index in [0.29, 0.717) is 11.4 Å². The van der Waals surface area contributed by atoms with Gasteiger partial charge in [-0.1, -0.05) is 18.2 Å². The van der Waals surface area contributed by atoms with E-state index < -0.39 is 22.0 Å². The van der Waals surface area contributed by atoms with Gasteiger partial charge in [-0.3, -0.25) is 9.59 Å². The number of sulfonamides is 1. The molecular formula is C19H21N3O5S. The summed E-state index contributed by atoms with van der Waals surface area (Å²) < 4.78 is 31.6. The summed E-state index contributed by atoms with van der Waals surface area (Å²) in [4.78, 5) is 26.7. The van der Waals surface area contributed by atoms with E-state index in [1.807, 2.05) is 0 Å². The number of carbonyl (C=O) groups is 2. The number of carbonyl (C=O) groups excluding carboxylic acids is 2. The molecule has 1 atom stereocenters. The third kappa shape index (κ3) is 3.58. The molecular weight excluding hydrogens is 382 g/mol. The molecule has 2 amide bonds. The van der Waals surface area contributed by atoms with Crippen molar-refractivity contribution in [3.8, 4) is 5.75 Å². The van der Waals surface area contributed by atoms with Crippen molar-refractivity contribution in [1.29, 1.82) is 0 Å². The molecule has 9 heteroatoms. The lowest BCUT2D eigenvalue weighted by Gasteiger charge is -2.34. The van der Waals surface area contributed by atoms with Crippen LogP contribution in [0.4, 0.5) is 5.69 Å². The zero-order valence-corrected chi connectivity index (χ0v) is 16.6. The maximum absolute atomic E-state index is 13.2. The van der Waals surface area contributed by atoms with Crippen LogP contribution < -0.4 is 15.0 Å². The first-order chi connectivity index (χ1) is 13.3. The highest BCUT2D eigenvalue weighted by Gasteiger charge is 2.34. The van der Waals surface area contributed by atoms with Crippen LogP contribution in [0.25, 0.3) is 0 Å². The van der Waals surface area contributed by atoms with Gasteiger partial charge in [0.05, 0.1) is 17.1 Å². The second-order valence-corrected chi connectivity index (χ2v) is 8.57. The molecule has 1 aliphatic rings. The number of para-hydroxylation sites is 2. The zero-order valence-electron chi connectivity index (χ0n) is 15.7. The second kappa shape index (κ2) is 7.61. The molecule has 1 heterocycles. The fraction of sp³-hybridized carbons (Fsp3) is 0.263. The third-order valence-corrected chi connectivity index (χ3v) is 6.23. The largest absolute Gasteiger partial charge is 0.477 e. The summed E-state index contributed by atoms with van der Waals surface area (Å²) in [6, 6.07) is 12.7. The van der Waals surface area contributed by atoms with E-state index in [1.165, 1.54) is 44.2 Å². The minimum Gasteiger partial charge on any atom is -0.477 e. The van der Waals surface area contributed by atoms with Crippen molar-refractivity contribution in [3.63, 3.8) is 0 Å². The Morgan fingerprint density at radius 1 is 1.14 bits per heavy atom. The van der Waals surface area contributed by atoms with Crippen molar-refractivity contribution in [2.24, 2.45) is 0 Å². The van der Waals surface area contributed by atoms with E-state index in [-0.39, 0.29) is 22.9 Å². The molecule has 0 saturated heterocycles. The smallest absolute Gasteiger partial charge is 0.262 e. The van der Waals surface area contributed by atoms with Crippen molar-refractivity contribution < 1.29 is 22.7 Å². The van der Waals surface area contributed by atoms with Crippen molar-refractivity contribution >= 4 is 27.5 Å². The van der Waals surface area contributed by atoms with Crippen molar-refractivity contribution in [2.75, 3.05) is 32.6 Å². The number of hydrogen-bond donors (Lipinski definition) is 1. The molecule has 0 aromatic heterocycles. The molecule has 0 bridgehead atoms. The van der Waals surface area contributed by atoms with Crippen LogP contribution in [0.3, 0.4) is 0 Å². The Balaban J connectivity index is 2.01. The van der Waals surface area contributed by atoms with Gasteiger partial charge in [-0.2, -0.15) is 0 Å². The second-order valence-electron chi connectivity index (χ2n) is 6.42. The van der Waals surface area contributed by atoms with Crippen LogP contribution in [-0.4, -0.2) is 58.3 Å². The highest BCUT2D eigenvalue weighted by molar-refractivity contribution is 7.89. The van der Waals surface area contributed by atoms with Crippen molar-refractivity contribution in [3.05, 3.63) is 54.1 Å². The van der Waals surface area contributed by atoms with E-state index in [9.17, 15) is 18.0 Å². The van der Waals surface area contributed by atoms with Crippen molar-refractivity contribution in [2.45, 2.75) is 11.0 Å². The van der Waals surface area contributed by atoms with Crippen LogP contribution in [-0.2, 0) is 14.8 Å². The van der Waals surface area contributed by atoms with Crippen LogP contribution in [0.1, 0.15) is 10.4 Å². The number of amides is 2. The van der Waals surface area contributed by atoms with Crippen LogP contribution in [0.5, 0.6) is 5.75 Å². The molecule has 2 aromatic rings. The molecule has 8 nitrogen and oxygen atoms in total. The van der Waals surface area contributed by atoms with Gasteiger partial charge in [0.2, 0.25) is 10.0 Å². The Kier molecular flexibility index (Phi) is 5.39. The number of nitrogens with one attached hydrogen (secondary N) is 1. The lowest BCUT2D eigenvalue weighted by molar-refractivity contribution is -0.127. The van der Waals surface area contributed by atoms with Gasteiger partial charge >= 0.3 is 0 Å². The number of rotatable bonds is 4. The summed E-state index contributed by atoms with van der Waals surface area (Å²) in [5.74, 6) is -0.357. The maximum Gasteiger partial charge on any atom is 0.262 e. The van der Waals surface area contributed by atoms with Crippen molar-refractivity contribution in [1.82, 2.24) is 9.62 Å². The summed E-state index contributed by atoms with van der Waals surface area (Å²) in [6.07, 6.45) is -0.863. The SMILES string of the molecule is CNC(=O)[C@H]1CN(C(=O)c2cccc(S(=O)(=O)N(C)C)c2)c2ccccc2O1. The number of ether oxygens (including phenoxy) is 1. The molecule has 2 aromatic carbocycles. The lowest BCUT2D eigenvalue weighted by Crippen LogP contribution is -2.50. The summed E-state index contributed by atoms with van der Waals surface area (Å²) in [5, 5.41) is 2.52. The number of likely N-dealkylation sites (N-methyl/N-ethyl adjacent to an activating group) is 1. The lowest BCUT2D eigenvalue weighted by atomic mass is 10.1. The Hall–Kier alpha value is -2.91. The highest BCUT2D eigenvalue weighted by Crippen LogP contribution is 2.34. The van der Waals surface area contributed by atoms with E-state index in [1.54, 1.807) is 30.3 Å². The fourth-order valence-electron chi connectivity index (χ4n) is 2.88. The number of nitrogens with zero attached hydrogens (tertiary/aromatic N) is 2. The maximum atomic E-state index is 13.2. The van der Waals surface area contributed by atoms with Gasteiger partial charge in [0, 0.05) is 26.7 Å². The zero-order chi connectivity index (χ0) is 20.5. The van der Waals surface area contributed by atoms with E-state index >= 15 is 0 Å². The van der Waals surface area contributed by atoms with Gasteiger partial charge in [-0.05, 0) is 30.3 Å². The number of benzene rings is 2. The minimum atomic E-state index is -3.68. The van der Waals surface area contributed by atoms with Gasteiger partial charge in [0.25, 0.3) is 11.8 Å². The van der Waals surface area contributed by atoms with Gasteiger partial charge in [0.1, 0.15) is 5.75 Å². The van der Waals surface area contributed by atoms with Gasteiger partial charge < -0.3 is 15.0 Å². The molecule has 1 aliphatic heterocycles. The average Bonchev–Trinajstić information content (AvgIpc) is 2.71. The average molecular weight is 403 g/mol. The highest BCUT2D eigenvalue weighted by atomic mass is 32.2. The van der Waals surface area contributed by atoms with Gasteiger partial charge in [-0.15, -0.1) is 0 Å². The number of anilines is 1. The fourth-order valence-corrected chi connectivity index (χ4v) is 3.83. The molecule has 0 unspecified atom stereocenters. The Bertz CT molecular complexity index is 1020. The molecule has 0 fully saturated rings. The van der Waals surface area contributed by atoms with E-state index in [4.69, 9.17) is 4.74 Å². The van der Waals surface area contributed by atoms with Crippen LogP contribution in [0.2, 0.25) is 0 Å². The Labute approximate surface area is 163 Å². The molecule has 0 radical (unpaired) electrons. The predicted molar refractivity (Wildman–Crippen MR) is 104 cm³/mol. The molecule has 3 rings (SSSR count). The standard InChI is InChI=1S/C19H21N3O5S/c1-20-18(23)17-12-22(15-9-4-5-10-16(15)27-17)19(24)13-7-6-8-14(11-13)28(25,26)21(2)3/h4-11,17H,12H2,1-3H3,(H,20,23)/t17-/m1/s1. The summed E-state index contributed by atoms with van der Waals surface area (Å²) in [7, 11) is 0.669. The topological polar surface area (TPSA) is 96.0 Å². The van der Waals surface area contributed by atoms with Gasteiger partial charge in [0.15, 0.2) is 6.10 Å². The molecule has 1 N–H and O–H groups in total. The predicted octanol–water partition coefficient (Wildman–Crippen LogP) is 1.09. The van der Waals surface area contributed by atoms with E-state index in [2.05, 4.69) is 5.32 Å². The van der Waals surface area contributed by atoms with Crippen LogP contribution in [0, 0.1) is 0 Å². The summed E-state index contributed by atoms with van der Waals surface area (Å²) in [6.45, 7) is 0.0141. The molecule has 0 saturated carbocycles. The Morgan fingerprint density at radius 3 is 2.54 bits per heavy atom. The molecule has 0 spiro atoms. The quantitative estimate of drug-likeness (QED) is 0.825. The first kappa shape index (κ1) is 19.8. The molecule has 0 aliphatic carbocycles. The molecule has 148 valence electrons. The monoisotopic (exact) mass is 403 g/mol. The first-order valence-electron chi connectivity index (χ1n) is 8.57. The number of hydrogen-bond acceptors (Lipinski definition) is 5. The number of fused-ring (bicyclic) bond motifs is 1. The first-order valence-corrected chi connectivity index (χ1v) is 10.0.